The van der Waals surface area contributed by atoms with Crippen LogP contribution in [0.2, 0.25) is 0 Å². The molecule has 0 spiro atoms. The summed E-state index contributed by atoms with van der Waals surface area (Å²) in [6.07, 6.45) is 1.92. The fourth-order valence-corrected chi connectivity index (χ4v) is 1.78. The zero-order valence-electron chi connectivity index (χ0n) is 7.24. The normalized spacial score (nSPS) is 30.8. The lowest BCUT2D eigenvalue weighted by atomic mass is 9.80. The summed E-state index contributed by atoms with van der Waals surface area (Å²) in [5.74, 6) is -1.70. The maximum Gasteiger partial charge on any atom is 0.248 e. The van der Waals surface area contributed by atoms with Crippen LogP contribution in [-0.4, -0.2) is 5.92 Å². The summed E-state index contributed by atoms with van der Waals surface area (Å²) < 4.78 is 25.6. The molecule has 0 aromatic rings. The molecule has 11 heavy (non-hydrogen) atoms. The topological polar surface area (TPSA) is 0 Å². The predicted octanol–water partition coefficient (Wildman–Crippen LogP) is 3.47. The molecule has 2 heteroatoms. The quantitative estimate of drug-likeness (QED) is 0.553. The van der Waals surface area contributed by atoms with Crippen molar-refractivity contribution in [3.05, 3.63) is 0 Å². The van der Waals surface area contributed by atoms with Gasteiger partial charge in [0, 0.05) is 12.8 Å². The van der Waals surface area contributed by atoms with Gasteiger partial charge in [-0.3, -0.25) is 0 Å². The summed E-state index contributed by atoms with van der Waals surface area (Å²) in [5, 5.41) is 0. The Kier molecular flexibility index (Phi) is 2.50. The highest BCUT2D eigenvalue weighted by atomic mass is 19.3. The summed E-state index contributed by atoms with van der Waals surface area (Å²) in [6, 6.07) is 0. The number of halogens is 2. The number of rotatable bonds is 1. The molecule has 0 heterocycles. The van der Waals surface area contributed by atoms with Gasteiger partial charge in [0.25, 0.3) is 0 Å². The Balaban J connectivity index is 2.46. The van der Waals surface area contributed by atoms with Gasteiger partial charge in [0.05, 0.1) is 0 Å². The highest BCUT2D eigenvalue weighted by molar-refractivity contribution is 4.79. The van der Waals surface area contributed by atoms with E-state index >= 15 is 0 Å². The molecular formula is C9H16F2. The van der Waals surface area contributed by atoms with E-state index in [0.717, 1.165) is 6.42 Å². The van der Waals surface area contributed by atoms with Crippen LogP contribution in [0.4, 0.5) is 8.78 Å². The van der Waals surface area contributed by atoms with Crippen molar-refractivity contribution in [1.82, 2.24) is 0 Å². The molecule has 0 aromatic heterocycles. The standard InChI is InChI=1S/C9H16F2/c1-7(2)8-4-3-5-9(10,11)6-8/h7-8H,3-6H2,1-2H3. The van der Waals surface area contributed by atoms with Crippen LogP contribution in [0.3, 0.4) is 0 Å². The van der Waals surface area contributed by atoms with Crippen molar-refractivity contribution in [2.45, 2.75) is 45.5 Å². The average molecular weight is 162 g/mol. The van der Waals surface area contributed by atoms with Crippen molar-refractivity contribution in [2.75, 3.05) is 0 Å². The summed E-state index contributed by atoms with van der Waals surface area (Å²) in [4.78, 5) is 0. The molecule has 0 amide bonds. The summed E-state index contributed by atoms with van der Waals surface area (Å²) >= 11 is 0. The van der Waals surface area contributed by atoms with Crippen LogP contribution >= 0.6 is 0 Å². The minimum atomic E-state index is -2.37. The molecule has 1 fully saturated rings. The van der Waals surface area contributed by atoms with Gasteiger partial charge in [-0.1, -0.05) is 13.8 Å². The van der Waals surface area contributed by atoms with Crippen LogP contribution < -0.4 is 0 Å². The molecule has 0 radical (unpaired) electrons. The third-order valence-corrected chi connectivity index (χ3v) is 2.62. The van der Waals surface area contributed by atoms with E-state index in [1.807, 2.05) is 13.8 Å². The first-order valence-corrected chi connectivity index (χ1v) is 4.39. The molecule has 0 nitrogen and oxygen atoms in total. The Labute approximate surface area is 67.0 Å². The maximum atomic E-state index is 12.8. The Morgan fingerprint density at radius 1 is 1.36 bits per heavy atom. The first-order chi connectivity index (χ1) is 5.01. The first-order valence-electron chi connectivity index (χ1n) is 4.39. The highest BCUT2D eigenvalue weighted by Gasteiger charge is 2.36. The number of hydrogen-bond acceptors (Lipinski definition) is 0. The molecule has 1 rings (SSSR count). The van der Waals surface area contributed by atoms with Crippen LogP contribution in [0.15, 0.2) is 0 Å². The fourth-order valence-electron chi connectivity index (χ4n) is 1.78. The third kappa shape index (κ3) is 2.42. The van der Waals surface area contributed by atoms with E-state index in [1.54, 1.807) is 0 Å². The summed E-state index contributed by atoms with van der Waals surface area (Å²) in [6.45, 7) is 4.07. The second-order valence-electron chi connectivity index (χ2n) is 3.96. The molecule has 66 valence electrons. The van der Waals surface area contributed by atoms with Crippen molar-refractivity contribution in [1.29, 1.82) is 0 Å². The fraction of sp³-hybridized carbons (Fsp3) is 1.00. The molecule has 1 aliphatic carbocycles. The molecule has 1 atom stereocenters. The second-order valence-corrected chi connectivity index (χ2v) is 3.96. The van der Waals surface area contributed by atoms with Gasteiger partial charge in [0.2, 0.25) is 5.92 Å². The lowest BCUT2D eigenvalue weighted by Gasteiger charge is -2.31. The van der Waals surface area contributed by atoms with Crippen LogP contribution in [0.25, 0.3) is 0 Å². The predicted molar refractivity (Wildman–Crippen MR) is 41.7 cm³/mol. The van der Waals surface area contributed by atoms with Gasteiger partial charge in [-0.15, -0.1) is 0 Å². The molecule has 1 aliphatic rings. The summed E-state index contributed by atoms with van der Waals surface area (Å²) in [7, 11) is 0. The lowest BCUT2D eigenvalue weighted by Crippen LogP contribution is -2.28. The largest absolute Gasteiger partial charge is 0.248 e. The minimum absolute atomic E-state index is 0.107. The van der Waals surface area contributed by atoms with E-state index in [0.29, 0.717) is 12.3 Å². The molecule has 0 saturated heterocycles. The van der Waals surface area contributed by atoms with Crippen LogP contribution in [0.5, 0.6) is 0 Å². The Morgan fingerprint density at radius 2 is 2.00 bits per heavy atom. The molecule has 0 aromatic carbocycles. The molecule has 0 N–H and O–H groups in total. The first kappa shape index (κ1) is 8.95. The van der Waals surface area contributed by atoms with E-state index in [2.05, 4.69) is 0 Å². The molecule has 0 bridgehead atoms. The third-order valence-electron chi connectivity index (χ3n) is 2.62. The van der Waals surface area contributed by atoms with E-state index in [4.69, 9.17) is 0 Å². The maximum absolute atomic E-state index is 12.8. The Morgan fingerprint density at radius 3 is 2.36 bits per heavy atom. The number of hydrogen-bond donors (Lipinski definition) is 0. The summed E-state index contributed by atoms with van der Waals surface area (Å²) in [5.41, 5.74) is 0. The van der Waals surface area contributed by atoms with Gasteiger partial charge >= 0.3 is 0 Å². The molecule has 1 saturated carbocycles. The Hall–Kier alpha value is -0.140. The average Bonchev–Trinajstić information content (AvgIpc) is 1.85. The van der Waals surface area contributed by atoms with Crippen molar-refractivity contribution in [3.8, 4) is 0 Å². The Bertz CT molecular complexity index is 130. The molecule has 1 unspecified atom stereocenters. The van der Waals surface area contributed by atoms with Crippen molar-refractivity contribution < 1.29 is 8.78 Å². The van der Waals surface area contributed by atoms with Gasteiger partial charge in [-0.2, -0.15) is 0 Å². The smallest absolute Gasteiger partial charge is 0.207 e. The lowest BCUT2D eigenvalue weighted by molar-refractivity contribution is -0.0595. The minimum Gasteiger partial charge on any atom is -0.207 e. The zero-order valence-corrected chi connectivity index (χ0v) is 7.24. The van der Waals surface area contributed by atoms with E-state index in [-0.39, 0.29) is 18.8 Å². The number of alkyl halides is 2. The van der Waals surface area contributed by atoms with Crippen LogP contribution in [0.1, 0.15) is 39.5 Å². The van der Waals surface area contributed by atoms with Gasteiger partial charge in [-0.25, -0.2) is 8.78 Å². The van der Waals surface area contributed by atoms with E-state index in [1.165, 1.54) is 0 Å². The molecular weight excluding hydrogens is 146 g/mol. The second kappa shape index (κ2) is 3.08. The van der Waals surface area contributed by atoms with Crippen LogP contribution in [0, 0.1) is 11.8 Å². The van der Waals surface area contributed by atoms with E-state index < -0.39 is 5.92 Å². The van der Waals surface area contributed by atoms with E-state index in [9.17, 15) is 8.78 Å². The van der Waals surface area contributed by atoms with Crippen molar-refractivity contribution in [3.63, 3.8) is 0 Å². The highest BCUT2D eigenvalue weighted by Crippen LogP contribution is 2.39. The van der Waals surface area contributed by atoms with Crippen molar-refractivity contribution >= 4 is 0 Å². The van der Waals surface area contributed by atoms with Crippen molar-refractivity contribution in [2.24, 2.45) is 11.8 Å². The van der Waals surface area contributed by atoms with Gasteiger partial charge in [-0.05, 0) is 24.7 Å². The SMILES string of the molecule is CC(C)C1CCCC(F)(F)C1. The monoisotopic (exact) mass is 162 g/mol. The van der Waals surface area contributed by atoms with Gasteiger partial charge in [0.15, 0.2) is 0 Å². The zero-order chi connectivity index (χ0) is 8.48. The molecule has 0 aliphatic heterocycles. The van der Waals surface area contributed by atoms with Gasteiger partial charge < -0.3 is 0 Å². The van der Waals surface area contributed by atoms with Gasteiger partial charge in [0.1, 0.15) is 0 Å². The van der Waals surface area contributed by atoms with Crippen LogP contribution in [-0.2, 0) is 0 Å².